The zero-order valence-electron chi connectivity index (χ0n) is 11.6. The van der Waals surface area contributed by atoms with Crippen molar-refractivity contribution in [2.75, 3.05) is 0 Å². The highest BCUT2D eigenvalue weighted by atomic mass is 16.3. The SMILES string of the molecule is CC1CCC(O)(c2cccc3cccnc23)C(C)C1. The molecule has 0 bridgehead atoms. The van der Waals surface area contributed by atoms with E-state index in [-0.39, 0.29) is 5.92 Å². The zero-order valence-corrected chi connectivity index (χ0v) is 11.6. The predicted molar refractivity (Wildman–Crippen MR) is 77.8 cm³/mol. The number of nitrogens with zero attached hydrogens (tertiary/aromatic N) is 1. The number of para-hydroxylation sites is 1. The summed E-state index contributed by atoms with van der Waals surface area (Å²) >= 11 is 0. The van der Waals surface area contributed by atoms with Crippen LogP contribution in [0.25, 0.3) is 10.9 Å². The molecule has 1 heterocycles. The molecule has 2 heteroatoms. The number of aliphatic hydroxyl groups is 1. The van der Waals surface area contributed by atoms with Gasteiger partial charge in [-0.3, -0.25) is 4.98 Å². The number of fused-ring (bicyclic) bond motifs is 1. The van der Waals surface area contributed by atoms with E-state index < -0.39 is 5.60 Å². The van der Waals surface area contributed by atoms with Gasteiger partial charge in [-0.2, -0.15) is 0 Å². The van der Waals surface area contributed by atoms with Gasteiger partial charge in [0, 0.05) is 17.1 Å². The van der Waals surface area contributed by atoms with Gasteiger partial charge in [0.15, 0.2) is 0 Å². The normalized spacial score (nSPS) is 31.5. The summed E-state index contributed by atoms with van der Waals surface area (Å²) in [5.41, 5.74) is 1.24. The highest BCUT2D eigenvalue weighted by molar-refractivity contribution is 5.82. The largest absolute Gasteiger partial charge is 0.385 e. The second kappa shape index (κ2) is 4.61. The molecule has 0 radical (unpaired) electrons. The maximum absolute atomic E-state index is 11.2. The minimum atomic E-state index is -0.722. The Morgan fingerprint density at radius 3 is 2.79 bits per heavy atom. The second-order valence-corrected chi connectivity index (χ2v) is 6.09. The fourth-order valence-electron chi connectivity index (χ4n) is 3.48. The average molecular weight is 255 g/mol. The van der Waals surface area contributed by atoms with Crippen LogP contribution in [0, 0.1) is 11.8 Å². The van der Waals surface area contributed by atoms with Gasteiger partial charge in [-0.25, -0.2) is 0 Å². The Balaban J connectivity index is 2.13. The van der Waals surface area contributed by atoms with Crippen LogP contribution in [-0.2, 0) is 5.60 Å². The molecule has 2 aromatic rings. The lowest BCUT2D eigenvalue weighted by atomic mass is 9.69. The van der Waals surface area contributed by atoms with Crippen LogP contribution in [0.2, 0.25) is 0 Å². The number of hydrogen-bond donors (Lipinski definition) is 1. The van der Waals surface area contributed by atoms with Gasteiger partial charge in [-0.15, -0.1) is 0 Å². The molecule has 1 fully saturated rings. The lowest BCUT2D eigenvalue weighted by Gasteiger charge is -2.41. The number of benzene rings is 1. The minimum absolute atomic E-state index is 0.281. The summed E-state index contributed by atoms with van der Waals surface area (Å²) in [6, 6.07) is 10.1. The first kappa shape index (κ1) is 12.6. The van der Waals surface area contributed by atoms with Crippen molar-refractivity contribution in [2.24, 2.45) is 11.8 Å². The van der Waals surface area contributed by atoms with Crippen LogP contribution in [0.3, 0.4) is 0 Å². The van der Waals surface area contributed by atoms with E-state index in [1.807, 2.05) is 24.4 Å². The van der Waals surface area contributed by atoms with Gasteiger partial charge in [-0.05, 0) is 37.2 Å². The number of pyridine rings is 1. The zero-order chi connectivity index (χ0) is 13.5. The Hall–Kier alpha value is -1.41. The lowest BCUT2D eigenvalue weighted by molar-refractivity contribution is -0.0577. The van der Waals surface area contributed by atoms with Gasteiger partial charge in [-0.1, -0.05) is 38.1 Å². The number of aromatic nitrogens is 1. The molecule has 1 N–H and O–H groups in total. The van der Waals surface area contributed by atoms with Gasteiger partial charge in [0.2, 0.25) is 0 Å². The minimum Gasteiger partial charge on any atom is -0.385 e. The van der Waals surface area contributed by atoms with Crippen LogP contribution in [0.1, 0.15) is 38.7 Å². The van der Waals surface area contributed by atoms with Crippen LogP contribution in [0.15, 0.2) is 36.5 Å². The Morgan fingerprint density at radius 1 is 1.21 bits per heavy atom. The summed E-state index contributed by atoms with van der Waals surface area (Å²) in [6.45, 7) is 4.44. The van der Waals surface area contributed by atoms with Crippen molar-refractivity contribution in [3.8, 4) is 0 Å². The third-order valence-corrected chi connectivity index (χ3v) is 4.69. The van der Waals surface area contributed by atoms with Gasteiger partial charge in [0.1, 0.15) is 0 Å². The monoisotopic (exact) mass is 255 g/mol. The molecule has 19 heavy (non-hydrogen) atoms. The Kier molecular flexibility index (Phi) is 3.06. The molecule has 3 atom stereocenters. The molecule has 3 unspecified atom stereocenters. The van der Waals surface area contributed by atoms with Gasteiger partial charge < -0.3 is 5.11 Å². The van der Waals surface area contributed by atoms with Crippen molar-refractivity contribution < 1.29 is 5.11 Å². The first-order valence-corrected chi connectivity index (χ1v) is 7.18. The molecular weight excluding hydrogens is 234 g/mol. The van der Waals surface area contributed by atoms with Crippen LogP contribution in [0.4, 0.5) is 0 Å². The highest BCUT2D eigenvalue weighted by Crippen LogP contribution is 2.45. The molecule has 3 rings (SSSR count). The molecule has 1 aromatic carbocycles. The summed E-state index contributed by atoms with van der Waals surface area (Å²) in [5.74, 6) is 0.988. The van der Waals surface area contributed by atoms with E-state index in [9.17, 15) is 5.11 Å². The van der Waals surface area contributed by atoms with Crippen molar-refractivity contribution in [3.63, 3.8) is 0 Å². The van der Waals surface area contributed by atoms with Crippen molar-refractivity contribution in [2.45, 2.75) is 38.7 Å². The topological polar surface area (TPSA) is 33.1 Å². The quantitative estimate of drug-likeness (QED) is 0.839. The smallest absolute Gasteiger partial charge is 0.0943 e. The molecular formula is C17H21NO. The van der Waals surface area contributed by atoms with E-state index in [1.54, 1.807) is 0 Å². The summed E-state index contributed by atoms with van der Waals surface area (Å²) in [7, 11) is 0. The van der Waals surface area contributed by atoms with Crippen molar-refractivity contribution in [3.05, 3.63) is 42.1 Å². The fourth-order valence-corrected chi connectivity index (χ4v) is 3.48. The maximum atomic E-state index is 11.2. The van der Waals surface area contributed by atoms with Crippen LogP contribution in [-0.4, -0.2) is 10.1 Å². The maximum Gasteiger partial charge on any atom is 0.0943 e. The molecule has 0 aliphatic heterocycles. The van der Waals surface area contributed by atoms with Gasteiger partial charge in [0.05, 0.1) is 11.1 Å². The predicted octanol–water partition coefficient (Wildman–Crippen LogP) is 3.88. The van der Waals surface area contributed by atoms with Crippen molar-refractivity contribution >= 4 is 10.9 Å². The standard InChI is InChI=1S/C17H21NO/c1-12-8-9-17(19,13(2)11-12)15-7-3-5-14-6-4-10-18-16(14)15/h3-7,10,12-13,19H,8-9,11H2,1-2H3. The van der Waals surface area contributed by atoms with Crippen LogP contribution in [0.5, 0.6) is 0 Å². The van der Waals surface area contributed by atoms with E-state index in [4.69, 9.17) is 0 Å². The Morgan fingerprint density at radius 2 is 2.00 bits per heavy atom. The summed E-state index contributed by atoms with van der Waals surface area (Å²) in [5, 5.41) is 12.3. The van der Waals surface area contributed by atoms with Crippen LogP contribution < -0.4 is 0 Å². The van der Waals surface area contributed by atoms with Gasteiger partial charge >= 0.3 is 0 Å². The Labute approximate surface area is 114 Å². The molecule has 1 saturated carbocycles. The number of rotatable bonds is 1. The molecule has 0 amide bonds. The summed E-state index contributed by atoms with van der Waals surface area (Å²) < 4.78 is 0. The molecule has 2 nitrogen and oxygen atoms in total. The van der Waals surface area contributed by atoms with Crippen molar-refractivity contribution in [1.29, 1.82) is 0 Å². The van der Waals surface area contributed by atoms with Gasteiger partial charge in [0.25, 0.3) is 0 Å². The molecule has 1 aromatic heterocycles. The molecule has 0 saturated heterocycles. The molecule has 0 spiro atoms. The first-order valence-electron chi connectivity index (χ1n) is 7.18. The highest BCUT2D eigenvalue weighted by Gasteiger charge is 2.40. The molecule has 100 valence electrons. The fraction of sp³-hybridized carbons (Fsp3) is 0.471. The van der Waals surface area contributed by atoms with E-state index in [1.165, 1.54) is 0 Å². The first-order chi connectivity index (χ1) is 9.11. The van der Waals surface area contributed by atoms with Crippen molar-refractivity contribution in [1.82, 2.24) is 4.98 Å². The van der Waals surface area contributed by atoms with E-state index in [0.717, 1.165) is 35.7 Å². The van der Waals surface area contributed by atoms with E-state index in [0.29, 0.717) is 5.92 Å². The third kappa shape index (κ3) is 2.04. The third-order valence-electron chi connectivity index (χ3n) is 4.69. The van der Waals surface area contributed by atoms with E-state index >= 15 is 0 Å². The Bertz CT molecular complexity index is 589. The molecule has 1 aliphatic rings. The van der Waals surface area contributed by atoms with E-state index in [2.05, 4.69) is 31.0 Å². The average Bonchev–Trinajstić information content (AvgIpc) is 2.43. The second-order valence-electron chi connectivity index (χ2n) is 6.09. The number of hydrogen-bond acceptors (Lipinski definition) is 2. The summed E-state index contributed by atoms with van der Waals surface area (Å²) in [4.78, 5) is 4.50. The summed E-state index contributed by atoms with van der Waals surface area (Å²) in [6.07, 6.45) is 4.82. The lowest BCUT2D eigenvalue weighted by Crippen LogP contribution is -2.38. The van der Waals surface area contributed by atoms with Crippen LogP contribution >= 0.6 is 0 Å². The molecule has 1 aliphatic carbocycles.